The number of ether oxygens (including phenoxy) is 1. The maximum Gasteiger partial charge on any atom is 0.195 e. The van der Waals surface area contributed by atoms with Crippen molar-refractivity contribution in [3.05, 3.63) is 29.3 Å². The van der Waals surface area contributed by atoms with Crippen molar-refractivity contribution in [2.45, 2.75) is 17.6 Å². The summed E-state index contributed by atoms with van der Waals surface area (Å²) in [6, 6.07) is 5.54. The van der Waals surface area contributed by atoms with Crippen LogP contribution in [0.2, 0.25) is 0 Å². The Labute approximate surface area is 103 Å². The van der Waals surface area contributed by atoms with Gasteiger partial charge in [0.05, 0.1) is 12.7 Å². The minimum atomic E-state index is -0.710. The summed E-state index contributed by atoms with van der Waals surface area (Å²) in [5.41, 5.74) is 1.61. The molecule has 0 saturated carbocycles. The second kappa shape index (κ2) is 5.52. The van der Waals surface area contributed by atoms with Gasteiger partial charge in [0.25, 0.3) is 0 Å². The van der Waals surface area contributed by atoms with Gasteiger partial charge in [0, 0.05) is 0 Å². The Morgan fingerprint density at radius 2 is 2.27 bits per heavy atom. The molecule has 1 atom stereocenters. The number of ketones is 1. The topological polar surface area (TPSA) is 26.3 Å². The zero-order chi connectivity index (χ0) is 11.4. The second-order valence-corrected chi connectivity index (χ2v) is 4.93. The lowest BCUT2D eigenvalue weighted by atomic mass is 10.1. The number of hydrogen-bond donors (Lipinski definition) is 0. The van der Waals surface area contributed by atoms with Gasteiger partial charge in [0.2, 0.25) is 0 Å². The fourth-order valence-electron chi connectivity index (χ4n) is 1.29. The van der Waals surface area contributed by atoms with Crippen LogP contribution in [0.5, 0.6) is 5.75 Å². The minimum absolute atomic E-state index is 0.177. The van der Waals surface area contributed by atoms with Gasteiger partial charge >= 0.3 is 0 Å². The van der Waals surface area contributed by atoms with Crippen LogP contribution in [-0.2, 0) is 6.42 Å². The molecule has 0 bridgehead atoms. The Balaban J connectivity index is 3.17. The van der Waals surface area contributed by atoms with Crippen LogP contribution >= 0.6 is 27.5 Å². The third-order valence-electron chi connectivity index (χ3n) is 2.14. The molecule has 15 heavy (non-hydrogen) atoms. The van der Waals surface area contributed by atoms with Crippen molar-refractivity contribution >= 4 is 33.3 Å². The van der Waals surface area contributed by atoms with E-state index in [0.717, 1.165) is 12.0 Å². The van der Waals surface area contributed by atoms with Crippen molar-refractivity contribution in [2.24, 2.45) is 0 Å². The van der Waals surface area contributed by atoms with Crippen LogP contribution in [0.25, 0.3) is 0 Å². The molecule has 0 aliphatic carbocycles. The van der Waals surface area contributed by atoms with Crippen LogP contribution in [0, 0.1) is 0 Å². The third kappa shape index (κ3) is 2.95. The van der Waals surface area contributed by atoms with E-state index in [1.807, 2.05) is 19.1 Å². The van der Waals surface area contributed by atoms with Gasteiger partial charge in [-0.25, -0.2) is 0 Å². The SMILES string of the molecule is CCc1ccc(OC)c(C(=O)C(Cl)Br)c1. The Hall–Kier alpha value is -0.540. The molecule has 82 valence electrons. The molecule has 0 saturated heterocycles. The van der Waals surface area contributed by atoms with Crippen LogP contribution in [0.4, 0.5) is 0 Å². The number of carbonyl (C=O) groups is 1. The minimum Gasteiger partial charge on any atom is -0.496 e. The first kappa shape index (κ1) is 12.5. The zero-order valence-corrected chi connectivity index (χ0v) is 10.9. The Bertz CT molecular complexity index is 364. The lowest BCUT2D eigenvalue weighted by molar-refractivity contribution is 0.101. The number of carbonyl (C=O) groups excluding carboxylic acids is 1. The van der Waals surface area contributed by atoms with E-state index in [1.54, 1.807) is 6.07 Å². The van der Waals surface area contributed by atoms with Crippen LogP contribution in [0.15, 0.2) is 18.2 Å². The average molecular weight is 292 g/mol. The molecule has 0 radical (unpaired) electrons. The summed E-state index contributed by atoms with van der Waals surface area (Å²) in [6.45, 7) is 2.03. The van der Waals surface area contributed by atoms with Gasteiger partial charge in [-0.1, -0.05) is 28.9 Å². The molecule has 1 unspecified atom stereocenters. The Kier molecular flexibility index (Phi) is 4.61. The second-order valence-electron chi connectivity index (χ2n) is 3.05. The molecule has 0 amide bonds. The van der Waals surface area contributed by atoms with E-state index in [0.29, 0.717) is 11.3 Å². The van der Waals surface area contributed by atoms with E-state index >= 15 is 0 Å². The number of aryl methyl sites for hydroxylation is 1. The first-order valence-electron chi connectivity index (χ1n) is 4.59. The highest BCUT2D eigenvalue weighted by atomic mass is 79.9. The molecular formula is C11H12BrClO2. The van der Waals surface area contributed by atoms with Crippen molar-refractivity contribution in [1.82, 2.24) is 0 Å². The lowest BCUT2D eigenvalue weighted by Gasteiger charge is -2.09. The molecule has 0 aliphatic heterocycles. The summed E-state index contributed by atoms with van der Waals surface area (Å²) in [7, 11) is 1.54. The summed E-state index contributed by atoms with van der Waals surface area (Å²) in [6.07, 6.45) is 0.875. The highest BCUT2D eigenvalue weighted by Gasteiger charge is 2.18. The van der Waals surface area contributed by atoms with Crippen LogP contribution in [-0.4, -0.2) is 17.2 Å². The van der Waals surface area contributed by atoms with E-state index in [4.69, 9.17) is 16.3 Å². The van der Waals surface area contributed by atoms with E-state index < -0.39 is 4.29 Å². The van der Waals surface area contributed by atoms with E-state index in [9.17, 15) is 4.79 Å². The molecule has 0 aromatic heterocycles. The van der Waals surface area contributed by atoms with Crippen LogP contribution in [0.1, 0.15) is 22.8 Å². The molecule has 1 aromatic rings. The van der Waals surface area contributed by atoms with Crippen molar-refractivity contribution in [3.8, 4) is 5.75 Å². The molecular weight excluding hydrogens is 279 g/mol. The van der Waals surface area contributed by atoms with E-state index in [2.05, 4.69) is 15.9 Å². The van der Waals surface area contributed by atoms with Crippen molar-refractivity contribution in [2.75, 3.05) is 7.11 Å². The van der Waals surface area contributed by atoms with Gasteiger partial charge < -0.3 is 4.74 Å². The Morgan fingerprint density at radius 3 is 2.73 bits per heavy atom. The molecule has 1 rings (SSSR count). The lowest BCUT2D eigenvalue weighted by Crippen LogP contribution is -2.09. The molecule has 2 nitrogen and oxygen atoms in total. The van der Waals surface area contributed by atoms with Gasteiger partial charge in [-0.05, 0) is 24.1 Å². The summed E-state index contributed by atoms with van der Waals surface area (Å²) in [5, 5.41) is 0. The van der Waals surface area contributed by atoms with Gasteiger partial charge in [-0.15, -0.1) is 11.6 Å². The predicted octanol–water partition coefficient (Wildman–Crippen LogP) is 3.40. The summed E-state index contributed by atoms with van der Waals surface area (Å²) >= 11 is 8.75. The first-order valence-corrected chi connectivity index (χ1v) is 5.94. The standard InChI is InChI=1S/C11H12BrClO2/c1-3-7-4-5-9(15-2)8(6-7)10(14)11(12)13/h4-6,11H,3H2,1-2H3. The van der Waals surface area contributed by atoms with Gasteiger partial charge in [0.15, 0.2) is 10.1 Å². The zero-order valence-electron chi connectivity index (χ0n) is 8.59. The molecule has 0 aliphatic rings. The number of halogens is 2. The highest BCUT2D eigenvalue weighted by molar-refractivity contribution is 9.10. The fourth-order valence-corrected chi connectivity index (χ4v) is 1.65. The summed E-state index contributed by atoms with van der Waals surface area (Å²) in [5.74, 6) is 0.381. The third-order valence-corrected chi connectivity index (χ3v) is 2.75. The number of benzene rings is 1. The monoisotopic (exact) mass is 290 g/mol. The molecule has 0 fully saturated rings. The number of methoxy groups -OCH3 is 1. The smallest absolute Gasteiger partial charge is 0.195 e. The maximum atomic E-state index is 11.7. The van der Waals surface area contributed by atoms with Crippen molar-refractivity contribution < 1.29 is 9.53 Å². The summed E-state index contributed by atoms with van der Waals surface area (Å²) in [4.78, 5) is 11.7. The summed E-state index contributed by atoms with van der Waals surface area (Å²) < 4.78 is 4.41. The molecule has 0 N–H and O–H groups in total. The average Bonchev–Trinajstić information content (AvgIpc) is 2.27. The highest BCUT2D eigenvalue weighted by Crippen LogP contribution is 2.24. The van der Waals surface area contributed by atoms with Crippen LogP contribution < -0.4 is 4.74 Å². The Morgan fingerprint density at radius 1 is 1.60 bits per heavy atom. The number of alkyl halides is 2. The van der Waals surface area contributed by atoms with Crippen LogP contribution in [0.3, 0.4) is 0 Å². The molecule has 1 aromatic carbocycles. The molecule has 0 heterocycles. The largest absolute Gasteiger partial charge is 0.496 e. The predicted molar refractivity (Wildman–Crippen MR) is 65.3 cm³/mol. The fraction of sp³-hybridized carbons (Fsp3) is 0.364. The van der Waals surface area contributed by atoms with E-state index in [-0.39, 0.29) is 5.78 Å². The number of rotatable bonds is 4. The van der Waals surface area contributed by atoms with Gasteiger partial charge in [-0.2, -0.15) is 0 Å². The van der Waals surface area contributed by atoms with Gasteiger partial charge in [-0.3, -0.25) is 4.79 Å². The molecule has 0 spiro atoms. The number of hydrogen-bond acceptors (Lipinski definition) is 2. The normalized spacial score (nSPS) is 12.3. The first-order chi connectivity index (χ1) is 7.10. The van der Waals surface area contributed by atoms with Crippen molar-refractivity contribution in [3.63, 3.8) is 0 Å². The van der Waals surface area contributed by atoms with E-state index in [1.165, 1.54) is 7.11 Å². The molecule has 4 heteroatoms. The van der Waals surface area contributed by atoms with Crippen molar-refractivity contribution in [1.29, 1.82) is 0 Å². The quantitative estimate of drug-likeness (QED) is 0.628. The van der Waals surface area contributed by atoms with Gasteiger partial charge in [0.1, 0.15) is 5.75 Å². The maximum absolute atomic E-state index is 11.7. The number of Topliss-reactive ketones (excluding diaryl/α,β-unsaturated/α-hetero) is 1.